The third kappa shape index (κ3) is 3.96. The minimum absolute atomic E-state index is 0.0167. The van der Waals surface area contributed by atoms with Crippen LogP contribution in [0, 0.1) is 23.3 Å². The standard InChI is InChI=1S/C21H12F4N2O2/c22-13-6-9-15(19(25)10-13)21-26-20(27-29-21)12-4-7-14(8-5-12)28-11-16-17(23)2-1-3-18(16)24/h1-10H,11H2. The molecule has 0 unspecified atom stereocenters. The van der Waals surface area contributed by atoms with Crippen LogP contribution in [0.1, 0.15) is 5.56 Å². The monoisotopic (exact) mass is 400 g/mol. The lowest BCUT2D eigenvalue weighted by atomic mass is 10.2. The Morgan fingerprint density at radius 1 is 0.828 bits per heavy atom. The SMILES string of the molecule is Fc1ccc(-c2nc(-c3ccc(OCc4c(F)cccc4F)cc3)no2)c(F)c1. The van der Waals surface area contributed by atoms with Crippen molar-refractivity contribution in [2.24, 2.45) is 0 Å². The molecule has 4 nitrogen and oxygen atoms in total. The predicted octanol–water partition coefficient (Wildman–Crippen LogP) is 5.54. The van der Waals surface area contributed by atoms with Gasteiger partial charge in [-0.25, -0.2) is 17.6 Å². The topological polar surface area (TPSA) is 48.2 Å². The van der Waals surface area contributed by atoms with E-state index in [1.54, 1.807) is 24.3 Å². The zero-order chi connectivity index (χ0) is 20.4. The van der Waals surface area contributed by atoms with Crippen LogP contribution in [0.3, 0.4) is 0 Å². The third-order valence-corrected chi connectivity index (χ3v) is 4.14. The number of aromatic nitrogens is 2. The van der Waals surface area contributed by atoms with Crippen LogP contribution in [-0.4, -0.2) is 10.1 Å². The molecule has 146 valence electrons. The van der Waals surface area contributed by atoms with E-state index in [0.717, 1.165) is 24.3 Å². The van der Waals surface area contributed by atoms with Gasteiger partial charge in [0.05, 0.1) is 11.1 Å². The van der Waals surface area contributed by atoms with Crippen LogP contribution in [0.15, 0.2) is 65.2 Å². The van der Waals surface area contributed by atoms with E-state index in [0.29, 0.717) is 11.3 Å². The Morgan fingerprint density at radius 3 is 2.24 bits per heavy atom. The van der Waals surface area contributed by atoms with Gasteiger partial charge in [-0.2, -0.15) is 4.98 Å². The van der Waals surface area contributed by atoms with Gasteiger partial charge >= 0.3 is 0 Å². The molecule has 29 heavy (non-hydrogen) atoms. The van der Waals surface area contributed by atoms with E-state index >= 15 is 0 Å². The Morgan fingerprint density at radius 2 is 1.55 bits per heavy atom. The molecule has 0 aliphatic carbocycles. The molecule has 4 rings (SSSR count). The smallest absolute Gasteiger partial charge is 0.261 e. The second-order valence-electron chi connectivity index (χ2n) is 6.06. The van der Waals surface area contributed by atoms with Crippen molar-refractivity contribution in [3.8, 4) is 28.6 Å². The summed E-state index contributed by atoms with van der Waals surface area (Å²) < 4.78 is 64.6. The number of rotatable bonds is 5. The summed E-state index contributed by atoms with van der Waals surface area (Å²) in [6.45, 7) is -0.270. The minimum atomic E-state index is -0.815. The van der Waals surface area contributed by atoms with E-state index in [2.05, 4.69) is 10.1 Å². The van der Waals surface area contributed by atoms with Gasteiger partial charge in [0, 0.05) is 11.6 Å². The number of hydrogen-bond donors (Lipinski definition) is 0. The fourth-order valence-corrected chi connectivity index (χ4v) is 2.64. The maximum atomic E-state index is 13.8. The first-order valence-corrected chi connectivity index (χ1v) is 8.46. The summed E-state index contributed by atoms with van der Waals surface area (Å²) in [4.78, 5) is 4.11. The summed E-state index contributed by atoms with van der Waals surface area (Å²) in [6.07, 6.45) is 0. The Hall–Kier alpha value is -3.68. The van der Waals surface area contributed by atoms with Gasteiger partial charge in [0.25, 0.3) is 5.89 Å². The summed E-state index contributed by atoms with van der Waals surface area (Å²) in [5.74, 6) is -2.42. The summed E-state index contributed by atoms with van der Waals surface area (Å²) in [6, 6.07) is 13.0. The van der Waals surface area contributed by atoms with Crippen LogP contribution in [0.25, 0.3) is 22.8 Å². The van der Waals surface area contributed by atoms with E-state index in [1.165, 1.54) is 12.1 Å². The molecule has 0 N–H and O–H groups in total. The molecule has 0 fully saturated rings. The molecule has 0 aliphatic rings. The molecule has 1 aromatic heterocycles. The minimum Gasteiger partial charge on any atom is -0.489 e. The van der Waals surface area contributed by atoms with Gasteiger partial charge in [-0.3, -0.25) is 0 Å². The van der Waals surface area contributed by atoms with Gasteiger partial charge in [0.15, 0.2) is 0 Å². The lowest BCUT2D eigenvalue weighted by Gasteiger charge is -2.08. The highest BCUT2D eigenvalue weighted by molar-refractivity contribution is 5.60. The maximum Gasteiger partial charge on any atom is 0.261 e. The van der Waals surface area contributed by atoms with Crippen LogP contribution in [0.2, 0.25) is 0 Å². The van der Waals surface area contributed by atoms with Crippen molar-refractivity contribution < 1.29 is 26.8 Å². The van der Waals surface area contributed by atoms with Crippen molar-refractivity contribution in [1.82, 2.24) is 10.1 Å². The maximum absolute atomic E-state index is 13.8. The first kappa shape index (κ1) is 18.7. The summed E-state index contributed by atoms with van der Waals surface area (Å²) in [5.41, 5.74) is 0.365. The lowest BCUT2D eigenvalue weighted by molar-refractivity contribution is 0.292. The zero-order valence-corrected chi connectivity index (χ0v) is 14.7. The molecule has 0 saturated heterocycles. The van der Waals surface area contributed by atoms with Crippen molar-refractivity contribution in [3.05, 3.63) is 89.5 Å². The number of nitrogens with zero attached hydrogens (tertiary/aromatic N) is 2. The van der Waals surface area contributed by atoms with Crippen molar-refractivity contribution in [3.63, 3.8) is 0 Å². The second-order valence-corrected chi connectivity index (χ2v) is 6.06. The Labute approximate surface area is 162 Å². The largest absolute Gasteiger partial charge is 0.489 e. The number of halogens is 4. The highest BCUT2D eigenvalue weighted by Gasteiger charge is 2.15. The van der Waals surface area contributed by atoms with Gasteiger partial charge < -0.3 is 9.26 Å². The molecule has 0 spiro atoms. The van der Waals surface area contributed by atoms with Crippen molar-refractivity contribution in [2.75, 3.05) is 0 Å². The first-order chi connectivity index (χ1) is 14.0. The first-order valence-electron chi connectivity index (χ1n) is 8.46. The molecular weight excluding hydrogens is 388 g/mol. The van der Waals surface area contributed by atoms with Crippen LogP contribution in [-0.2, 0) is 6.61 Å². The molecule has 1 heterocycles. The molecule has 4 aromatic rings. The highest BCUT2D eigenvalue weighted by atomic mass is 19.1. The van der Waals surface area contributed by atoms with Crippen LogP contribution >= 0.6 is 0 Å². The summed E-state index contributed by atoms with van der Waals surface area (Å²) in [5, 5.41) is 3.79. The third-order valence-electron chi connectivity index (χ3n) is 4.14. The van der Waals surface area contributed by atoms with Gasteiger partial charge in [-0.1, -0.05) is 11.2 Å². The van der Waals surface area contributed by atoms with Gasteiger partial charge in [-0.15, -0.1) is 0 Å². The van der Waals surface area contributed by atoms with Crippen molar-refractivity contribution in [2.45, 2.75) is 6.61 Å². The van der Waals surface area contributed by atoms with E-state index in [9.17, 15) is 17.6 Å². The highest BCUT2D eigenvalue weighted by Crippen LogP contribution is 2.26. The molecule has 0 saturated carbocycles. The van der Waals surface area contributed by atoms with Crippen LogP contribution in [0.4, 0.5) is 17.6 Å². The van der Waals surface area contributed by atoms with Crippen molar-refractivity contribution in [1.29, 1.82) is 0 Å². The molecular formula is C21H12F4N2O2. The molecule has 0 bridgehead atoms. The van der Waals surface area contributed by atoms with E-state index in [-0.39, 0.29) is 29.4 Å². The quantitative estimate of drug-likeness (QED) is 0.413. The van der Waals surface area contributed by atoms with Gasteiger partial charge in [0.2, 0.25) is 5.82 Å². The van der Waals surface area contributed by atoms with E-state index in [4.69, 9.17) is 9.26 Å². The van der Waals surface area contributed by atoms with Crippen LogP contribution < -0.4 is 4.74 Å². The normalized spacial score (nSPS) is 10.9. The number of hydrogen-bond acceptors (Lipinski definition) is 4. The molecule has 3 aromatic carbocycles. The predicted molar refractivity (Wildman–Crippen MR) is 95.8 cm³/mol. The molecule has 0 aliphatic heterocycles. The lowest BCUT2D eigenvalue weighted by Crippen LogP contribution is -2.01. The average Bonchev–Trinajstić information content (AvgIpc) is 3.18. The second kappa shape index (κ2) is 7.75. The molecule has 0 radical (unpaired) electrons. The van der Waals surface area contributed by atoms with Gasteiger partial charge in [0.1, 0.15) is 35.6 Å². The summed E-state index contributed by atoms with van der Waals surface area (Å²) in [7, 11) is 0. The van der Waals surface area contributed by atoms with E-state index < -0.39 is 23.3 Å². The zero-order valence-electron chi connectivity index (χ0n) is 14.7. The van der Waals surface area contributed by atoms with Gasteiger partial charge in [-0.05, 0) is 48.5 Å². The fraction of sp³-hybridized carbons (Fsp3) is 0.0476. The Bertz CT molecular complexity index is 1140. The van der Waals surface area contributed by atoms with Crippen molar-refractivity contribution >= 4 is 0 Å². The molecule has 8 heteroatoms. The van der Waals surface area contributed by atoms with Crippen LogP contribution in [0.5, 0.6) is 5.75 Å². The fourth-order valence-electron chi connectivity index (χ4n) is 2.64. The number of benzene rings is 3. The molecule has 0 amide bonds. The number of ether oxygens (including phenoxy) is 1. The average molecular weight is 400 g/mol. The Kier molecular flexibility index (Phi) is 4.99. The Balaban J connectivity index is 1.49. The van der Waals surface area contributed by atoms with E-state index in [1.807, 2.05) is 0 Å². The molecule has 0 atom stereocenters. The summed E-state index contributed by atoms with van der Waals surface area (Å²) >= 11 is 0.